The SMILES string of the molecule is CCC(C)(C)C(=O)NS(=O)(=O)C(F)(F)F.CCC(C)c1ccc(S(=O)(=O)O)cc1. The summed E-state index contributed by atoms with van der Waals surface area (Å²) in [6, 6.07) is 6.32. The molecule has 1 aromatic rings. The summed E-state index contributed by atoms with van der Waals surface area (Å²) in [5, 5.41) is 0. The highest BCUT2D eigenvalue weighted by Crippen LogP contribution is 2.25. The van der Waals surface area contributed by atoms with Crippen molar-refractivity contribution >= 4 is 26.0 Å². The molecule has 0 heterocycles. The molecule has 0 fully saturated rings. The summed E-state index contributed by atoms with van der Waals surface area (Å²) in [4.78, 5) is 11.1. The minimum absolute atomic E-state index is 0.0513. The molecule has 2 N–H and O–H groups in total. The number of carbonyl (C=O) groups is 1. The largest absolute Gasteiger partial charge is 0.516 e. The van der Waals surface area contributed by atoms with E-state index in [1.165, 1.54) is 26.0 Å². The number of rotatable bonds is 6. The zero-order chi connectivity index (χ0) is 23.3. The molecule has 1 aromatic carbocycles. The van der Waals surface area contributed by atoms with E-state index < -0.39 is 37.0 Å². The Morgan fingerprint density at radius 2 is 1.52 bits per heavy atom. The third-order valence-corrected chi connectivity index (χ3v) is 6.32. The average molecular weight is 462 g/mol. The first-order chi connectivity index (χ1) is 12.9. The number of benzene rings is 1. The molecule has 0 bridgehead atoms. The molecule has 0 radical (unpaired) electrons. The van der Waals surface area contributed by atoms with Gasteiger partial charge in [0.2, 0.25) is 5.91 Å². The highest BCUT2D eigenvalue weighted by Gasteiger charge is 2.48. The van der Waals surface area contributed by atoms with E-state index in [9.17, 15) is 34.8 Å². The number of hydrogen-bond acceptors (Lipinski definition) is 5. The summed E-state index contributed by atoms with van der Waals surface area (Å²) in [5.41, 5.74) is -5.54. The van der Waals surface area contributed by atoms with Gasteiger partial charge in [-0.25, -0.2) is 4.72 Å². The van der Waals surface area contributed by atoms with Gasteiger partial charge >= 0.3 is 15.5 Å². The quantitative estimate of drug-likeness (QED) is 0.622. The van der Waals surface area contributed by atoms with Crippen LogP contribution in [0.1, 0.15) is 58.9 Å². The molecule has 0 aromatic heterocycles. The number of carbonyl (C=O) groups excluding carboxylic acids is 1. The van der Waals surface area contributed by atoms with Crippen molar-refractivity contribution in [2.45, 2.75) is 63.8 Å². The first kappa shape index (κ1) is 27.3. The van der Waals surface area contributed by atoms with Gasteiger partial charge in [0, 0.05) is 5.41 Å². The van der Waals surface area contributed by atoms with Gasteiger partial charge in [0.25, 0.3) is 10.1 Å². The fraction of sp³-hybridized carbons (Fsp3) is 0.588. The van der Waals surface area contributed by atoms with Crippen molar-refractivity contribution in [3.8, 4) is 0 Å². The molecular formula is C17H26F3NO6S2. The molecule has 7 nitrogen and oxygen atoms in total. The fourth-order valence-electron chi connectivity index (χ4n) is 1.68. The Morgan fingerprint density at radius 1 is 1.07 bits per heavy atom. The maximum absolute atomic E-state index is 11.9. The molecule has 0 aliphatic carbocycles. The van der Waals surface area contributed by atoms with Crippen LogP contribution in [-0.4, -0.2) is 32.8 Å². The minimum Gasteiger partial charge on any atom is -0.282 e. The van der Waals surface area contributed by atoms with E-state index in [1.54, 1.807) is 19.1 Å². The highest BCUT2D eigenvalue weighted by molar-refractivity contribution is 7.90. The van der Waals surface area contributed by atoms with Gasteiger partial charge in [0.1, 0.15) is 0 Å². The van der Waals surface area contributed by atoms with Gasteiger partial charge in [-0.05, 0) is 36.5 Å². The third kappa shape index (κ3) is 8.31. The highest BCUT2D eigenvalue weighted by atomic mass is 32.2. The van der Waals surface area contributed by atoms with E-state index in [0.29, 0.717) is 5.92 Å². The molecule has 0 saturated carbocycles. The van der Waals surface area contributed by atoms with E-state index in [4.69, 9.17) is 4.55 Å². The Hall–Kier alpha value is -1.66. The van der Waals surface area contributed by atoms with Crippen molar-refractivity contribution < 1.29 is 39.4 Å². The maximum Gasteiger partial charge on any atom is 0.516 e. The van der Waals surface area contributed by atoms with Gasteiger partial charge in [-0.1, -0.05) is 46.8 Å². The van der Waals surface area contributed by atoms with Gasteiger partial charge in [-0.15, -0.1) is 0 Å². The van der Waals surface area contributed by atoms with Crippen LogP contribution < -0.4 is 4.72 Å². The molecular weight excluding hydrogens is 435 g/mol. The first-order valence-corrected chi connectivity index (χ1v) is 11.5. The van der Waals surface area contributed by atoms with E-state index in [-0.39, 0.29) is 11.3 Å². The standard InChI is InChI=1S/C10H14O3S.C7H12F3NO3S/c1-3-8(2)9-4-6-10(7-5-9)14(11,12)13;1-4-6(2,3)5(12)11-15(13,14)7(8,9)10/h4-8H,3H2,1-2H3,(H,11,12,13);4H2,1-3H3,(H,11,12). The van der Waals surface area contributed by atoms with Crippen LogP contribution in [0.4, 0.5) is 13.2 Å². The molecule has 1 rings (SSSR count). The number of halogens is 3. The summed E-state index contributed by atoms with van der Waals surface area (Å²) in [7, 11) is -9.64. The summed E-state index contributed by atoms with van der Waals surface area (Å²) in [6.45, 7) is 8.42. The van der Waals surface area contributed by atoms with Gasteiger partial charge in [-0.2, -0.15) is 30.0 Å². The molecule has 1 amide bonds. The number of hydrogen-bond donors (Lipinski definition) is 2. The topological polar surface area (TPSA) is 118 Å². The molecule has 0 aliphatic heterocycles. The summed E-state index contributed by atoms with van der Waals surface area (Å²) < 4.78 is 88.0. The predicted molar refractivity (Wildman–Crippen MR) is 102 cm³/mol. The summed E-state index contributed by atoms with van der Waals surface area (Å²) in [5.74, 6) is -0.757. The number of amides is 1. The Bertz CT molecular complexity index is 892. The fourth-order valence-corrected chi connectivity index (χ4v) is 2.80. The molecule has 0 spiro atoms. The van der Waals surface area contributed by atoms with Crippen LogP contribution >= 0.6 is 0 Å². The van der Waals surface area contributed by atoms with Crippen molar-refractivity contribution in [2.75, 3.05) is 0 Å². The zero-order valence-corrected chi connectivity index (χ0v) is 18.4. The van der Waals surface area contributed by atoms with E-state index >= 15 is 0 Å². The summed E-state index contributed by atoms with van der Waals surface area (Å²) in [6.07, 6.45) is 1.23. The number of alkyl halides is 3. The normalized spacial score (nSPS) is 13.8. The monoisotopic (exact) mass is 461 g/mol. The zero-order valence-electron chi connectivity index (χ0n) is 16.7. The van der Waals surface area contributed by atoms with Crippen molar-refractivity contribution in [3.05, 3.63) is 29.8 Å². The predicted octanol–water partition coefficient (Wildman–Crippen LogP) is 3.84. The van der Waals surface area contributed by atoms with Gasteiger partial charge in [0.05, 0.1) is 4.90 Å². The lowest BCUT2D eigenvalue weighted by molar-refractivity contribution is -0.128. The molecule has 168 valence electrons. The number of nitrogens with one attached hydrogen (secondary N) is 1. The molecule has 0 aliphatic rings. The van der Waals surface area contributed by atoms with E-state index in [0.717, 1.165) is 16.7 Å². The molecule has 1 atom stereocenters. The second kappa shape index (κ2) is 9.90. The van der Waals surface area contributed by atoms with Crippen LogP contribution in [0, 0.1) is 5.41 Å². The Morgan fingerprint density at radius 3 is 1.83 bits per heavy atom. The van der Waals surface area contributed by atoms with Crippen molar-refractivity contribution in [1.82, 2.24) is 4.72 Å². The smallest absolute Gasteiger partial charge is 0.282 e. The second-order valence-electron chi connectivity index (χ2n) is 6.97. The Labute approximate surface area is 169 Å². The Balaban J connectivity index is 0.000000541. The van der Waals surface area contributed by atoms with Crippen molar-refractivity contribution in [2.24, 2.45) is 5.41 Å². The van der Waals surface area contributed by atoms with Crippen LogP contribution in [0.5, 0.6) is 0 Å². The molecule has 12 heteroatoms. The maximum atomic E-state index is 11.9. The summed E-state index contributed by atoms with van der Waals surface area (Å²) >= 11 is 0. The van der Waals surface area contributed by atoms with Crippen LogP contribution in [-0.2, 0) is 24.9 Å². The number of sulfonamides is 1. The lowest BCUT2D eigenvalue weighted by atomic mass is 9.90. The van der Waals surface area contributed by atoms with E-state index in [2.05, 4.69) is 13.8 Å². The third-order valence-electron chi connectivity index (χ3n) is 4.39. The van der Waals surface area contributed by atoms with Gasteiger partial charge in [-0.3, -0.25) is 9.35 Å². The Kier molecular flexibility index (Phi) is 9.33. The van der Waals surface area contributed by atoms with Crippen LogP contribution in [0.2, 0.25) is 0 Å². The average Bonchev–Trinajstić information content (AvgIpc) is 2.59. The van der Waals surface area contributed by atoms with Crippen molar-refractivity contribution in [1.29, 1.82) is 0 Å². The minimum atomic E-state index is -5.59. The molecule has 1 unspecified atom stereocenters. The second-order valence-corrected chi connectivity index (χ2v) is 10.1. The van der Waals surface area contributed by atoms with Crippen LogP contribution in [0.15, 0.2) is 29.2 Å². The molecule has 29 heavy (non-hydrogen) atoms. The van der Waals surface area contributed by atoms with Gasteiger partial charge < -0.3 is 0 Å². The van der Waals surface area contributed by atoms with Gasteiger partial charge in [0.15, 0.2) is 0 Å². The van der Waals surface area contributed by atoms with E-state index in [1.807, 2.05) is 0 Å². The lowest BCUT2D eigenvalue weighted by Crippen LogP contribution is -2.45. The van der Waals surface area contributed by atoms with Crippen molar-refractivity contribution in [3.63, 3.8) is 0 Å². The lowest BCUT2D eigenvalue weighted by Gasteiger charge is -2.21. The van der Waals surface area contributed by atoms with Crippen LogP contribution in [0.25, 0.3) is 0 Å². The first-order valence-electron chi connectivity index (χ1n) is 8.60. The van der Waals surface area contributed by atoms with Crippen LogP contribution in [0.3, 0.4) is 0 Å². The molecule has 0 saturated heterocycles.